The molecule has 2 aromatic carbocycles. The molecule has 33 heavy (non-hydrogen) atoms. The van der Waals surface area contributed by atoms with E-state index < -0.39 is 24.0 Å². The lowest BCUT2D eigenvalue weighted by Crippen LogP contribution is -2.17. The summed E-state index contributed by atoms with van der Waals surface area (Å²) in [5, 5.41) is 11.2. The number of nitrogens with zero attached hydrogens (tertiary/aromatic N) is 1. The van der Waals surface area contributed by atoms with Crippen LogP contribution >= 0.6 is 0 Å². The number of aromatic nitrogens is 1. The first-order valence-electron chi connectivity index (χ1n) is 10.5. The molecule has 0 unspecified atom stereocenters. The number of carbonyl (C=O) groups excluding carboxylic acids is 2. The Kier molecular flexibility index (Phi) is 5.82. The highest BCUT2D eigenvalue weighted by atomic mass is 19.4. The zero-order valence-corrected chi connectivity index (χ0v) is 18.0. The fourth-order valence-electron chi connectivity index (χ4n) is 4.57. The van der Waals surface area contributed by atoms with Crippen molar-refractivity contribution in [1.82, 2.24) is 4.57 Å². The molecular formula is C24H22F3NO5. The van der Waals surface area contributed by atoms with Crippen LogP contribution in [0.15, 0.2) is 36.4 Å². The van der Waals surface area contributed by atoms with Crippen molar-refractivity contribution in [2.75, 3.05) is 0 Å². The lowest BCUT2D eigenvalue weighted by atomic mass is 9.93. The van der Waals surface area contributed by atoms with Gasteiger partial charge < -0.3 is 14.6 Å². The van der Waals surface area contributed by atoms with E-state index in [-0.39, 0.29) is 23.0 Å². The number of phenols is 1. The zero-order chi connectivity index (χ0) is 23.9. The van der Waals surface area contributed by atoms with Crippen molar-refractivity contribution >= 4 is 22.8 Å². The van der Waals surface area contributed by atoms with E-state index >= 15 is 0 Å². The Labute approximate surface area is 187 Å². The Balaban J connectivity index is 1.85. The second-order valence-electron chi connectivity index (χ2n) is 8.09. The largest absolute Gasteiger partial charge is 0.573 e. The van der Waals surface area contributed by atoms with Crippen LogP contribution in [0.3, 0.4) is 0 Å². The molecule has 1 aliphatic carbocycles. The normalized spacial score (nSPS) is 14.6. The second kappa shape index (κ2) is 8.46. The van der Waals surface area contributed by atoms with E-state index in [1.165, 1.54) is 29.7 Å². The SMILES string of the molecule is CC(=O)Oc1c(C)n(C(=O)c2ccc(OC(F)(F)F)cc2)c2ccc(O)c(C3CCCC3)c12. The maximum absolute atomic E-state index is 13.4. The van der Waals surface area contributed by atoms with Gasteiger partial charge in [-0.05, 0) is 62.1 Å². The van der Waals surface area contributed by atoms with E-state index in [2.05, 4.69) is 4.74 Å². The number of ether oxygens (including phenoxy) is 2. The van der Waals surface area contributed by atoms with E-state index in [1.54, 1.807) is 13.0 Å². The topological polar surface area (TPSA) is 77.8 Å². The van der Waals surface area contributed by atoms with E-state index in [4.69, 9.17) is 4.74 Å². The van der Waals surface area contributed by atoms with Gasteiger partial charge in [-0.3, -0.25) is 14.2 Å². The van der Waals surface area contributed by atoms with Crippen LogP contribution in [-0.2, 0) is 4.79 Å². The summed E-state index contributed by atoms with van der Waals surface area (Å²) in [5.74, 6) is -1.20. The lowest BCUT2D eigenvalue weighted by Gasteiger charge is -2.15. The van der Waals surface area contributed by atoms with E-state index in [9.17, 15) is 27.9 Å². The third-order valence-corrected chi connectivity index (χ3v) is 5.88. The van der Waals surface area contributed by atoms with Crippen molar-refractivity contribution in [3.05, 3.63) is 53.2 Å². The highest BCUT2D eigenvalue weighted by molar-refractivity contribution is 6.07. The first-order valence-corrected chi connectivity index (χ1v) is 10.5. The summed E-state index contributed by atoms with van der Waals surface area (Å²) in [6.45, 7) is 2.87. The maximum atomic E-state index is 13.4. The average molecular weight is 461 g/mol. The summed E-state index contributed by atoms with van der Waals surface area (Å²) in [6, 6.07) is 7.67. The third-order valence-electron chi connectivity index (χ3n) is 5.88. The minimum atomic E-state index is -4.84. The summed E-state index contributed by atoms with van der Waals surface area (Å²) in [5.41, 5.74) is 1.56. The Bertz CT molecular complexity index is 1220. The van der Waals surface area contributed by atoms with Gasteiger partial charge in [0.1, 0.15) is 11.5 Å². The molecular weight excluding hydrogens is 439 g/mol. The maximum Gasteiger partial charge on any atom is 0.573 e. The smallest absolute Gasteiger partial charge is 0.508 e. The molecule has 0 spiro atoms. The molecule has 1 saturated carbocycles. The molecule has 3 aromatic rings. The summed E-state index contributed by atoms with van der Waals surface area (Å²) in [6.07, 6.45) is -1.09. The summed E-state index contributed by atoms with van der Waals surface area (Å²) < 4.78 is 48.0. The highest BCUT2D eigenvalue weighted by Gasteiger charge is 2.32. The van der Waals surface area contributed by atoms with Gasteiger partial charge in [-0.15, -0.1) is 13.2 Å². The Morgan fingerprint density at radius 1 is 1.06 bits per heavy atom. The van der Waals surface area contributed by atoms with Crippen LogP contribution in [0.2, 0.25) is 0 Å². The first-order chi connectivity index (χ1) is 15.6. The summed E-state index contributed by atoms with van der Waals surface area (Å²) >= 11 is 0. The van der Waals surface area contributed by atoms with Crippen LogP contribution < -0.4 is 9.47 Å². The molecule has 0 radical (unpaired) electrons. The molecule has 0 amide bonds. The van der Waals surface area contributed by atoms with Gasteiger partial charge in [-0.2, -0.15) is 0 Å². The number of alkyl halides is 3. The number of carbonyl (C=O) groups is 2. The number of halogens is 3. The predicted molar refractivity (Wildman–Crippen MR) is 114 cm³/mol. The number of hydrogen-bond acceptors (Lipinski definition) is 5. The number of aromatic hydroxyl groups is 1. The van der Waals surface area contributed by atoms with Gasteiger partial charge in [0.2, 0.25) is 0 Å². The number of fused-ring (bicyclic) bond motifs is 1. The molecule has 1 fully saturated rings. The van der Waals surface area contributed by atoms with Gasteiger partial charge in [0.05, 0.1) is 16.6 Å². The molecule has 9 heteroatoms. The molecule has 0 saturated heterocycles. The molecule has 4 rings (SSSR count). The van der Waals surface area contributed by atoms with Crippen molar-refractivity contribution in [1.29, 1.82) is 0 Å². The minimum absolute atomic E-state index is 0.0622. The van der Waals surface area contributed by atoms with Crippen LogP contribution in [0.1, 0.15) is 60.1 Å². The fourth-order valence-corrected chi connectivity index (χ4v) is 4.57. The van der Waals surface area contributed by atoms with Crippen LogP contribution in [0.5, 0.6) is 17.2 Å². The molecule has 1 aliphatic rings. The van der Waals surface area contributed by atoms with Gasteiger partial charge in [0, 0.05) is 18.1 Å². The number of esters is 1. The van der Waals surface area contributed by atoms with E-state index in [1.807, 2.05) is 0 Å². The van der Waals surface area contributed by atoms with E-state index in [0.29, 0.717) is 22.2 Å². The van der Waals surface area contributed by atoms with Crippen molar-refractivity contribution in [3.8, 4) is 17.2 Å². The summed E-state index contributed by atoms with van der Waals surface area (Å²) in [7, 11) is 0. The fraction of sp³-hybridized carbons (Fsp3) is 0.333. The molecule has 1 N–H and O–H groups in total. The average Bonchev–Trinajstić information content (AvgIpc) is 3.34. The number of benzene rings is 2. The molecule has 0 aliphatic heterocycles. The van der Waals surface area contributed by atoms with Crippen molar-refractivity contribution in [3.63, 3.8) is 0 Å². The van der Waals surface area contributed by atoms with Gasteiger partial charge in [0.25, 0.3) is 5.91 Å². The van der Waals surface area contributed by atoms with Crippen molar-refractivity contribution in [2.45, 2.75) is 51.8 Å². The zero-order valence-electron chi connectivity index (χ0n) is 18.0. The highest BCUT2D eigenvalue weighted by Crippen LogP contribution is 2.47. The van der Waals surface area contributed by atoms with Crippen molar-refractivity contribution in [2.24, 2.45) is 0 Å². The predicted octanol–water partition coefficient (Wildman–Crippen LogP) is 5.83. The number of phenolic OH excluding ortho intramolecular Hbond substituents is 1. The van der Waals surface area contributed by atoms with Gasteiger partial charge in [-0.1, -0.05) is 12.8 Å². The Morgan fingerprint density at radius 3 is 2.27 bits per heavy atom. The van der Waals surface area contributed by atoms with Crippen LogP contribution in [0.4, 0.5) is 13.2 Å². The molecule has 0 atom stereocenters. The van der Waals surface area contributed by atoms with Gasteiger partial charge >= 0.3 is 12.3 Å². The Morgan fingerprint density at radius 2 is 1.70 bits per heavy atom. The van der Waals surface area contributed by atoms with Crippen molar-refractivity contribution < 1.29 is 37.3 Å². The first kappa shape index (κ1) is 22.7. The second-order valence-corrected chi connectivity index (χ2v) is 8.09. The monoisotopic (exact) mass is 461 g/mol. The van der Waals surface area contributed by atoms with Crippen LogP contribution in [0, 0.1) is 6.92 Å². The van der Waals surface area contributed by atoms with Crippen LogP contribution in [-0.4, -0.2) is 27.9 Å². The molecule has 1 aromatic heterocycles. The minimum Gasteiger partial charge on any atom is -0.508 e. The van der Waals surface area contributed by atoms with Gasteiger partial charge in [0.15, 0.2) is 5.75 Å². The number of rotatable bonds is 4. The van der Waals surface area contributed by atoms with Crippen LogP contribution in [0.25, 0.3) is 10.9 Å². The third kappa shape index (κ3) is 4.40. The molecule has 0 bridgehead atoms. The molecule has 6 nitrogen and oxygen atoms in total. The lowest BCUT2D eigenvalue weighted by molar-refractivity contribution is -0.274. The summed E-state index contributed by atoms with van der Waals surface area (Å²) in [4.78, 5) is 25.2. The standard InChI is InChI=1S/C24H22F3NO5/c1-13-22(32-14(2)29)21-18(11-12-19(30)20(21)15-5-3-4-6-15)28(13)23(31)16-7-9-17(10-8-16)33-24(25,26)27/h7-12,15,30H,3-6H2,1-2H3. The van der Waals surface area contributed by atoms with E-state index in [0.717, 1.165) is 37.8 Å². The molecule has 1 heterocycles. The Hall–Kier alpha value is -3.49. The number of hydrogen-bond donors (Lipinski definition) is 1. The molecule has 174 valence electrons. The van der Waals surface area contributed by atoms with Gasteiger partial charge in [-0.25, -0.2) is 0 Å². The quantitative estimate of drug-likeness (QED) is 0.495.